The molecule has 0 fully saturated rings. The summed E-state index contributed by atoms with van der Waals surface area (Å²) in [6.45, 7) is 0. The minimum atomic E-state index is -3.79. The Morgan fingerprint density at radius 1 is 0.789 bits per heavy atom. The summed E-state index contributed by atoms with van der Waals surface area (Å²) in [7, 11) is -3.79. The molecule has 0 heterocycles. The summed E-state index contributed by atoms with van der Waals surface area (Å²) in [5, 5.41) is 0. The second-order valence-electron chi connectivity index (χ2n) is 3.88. The maximum absolute atomic E-state index is 12.6. The Kier molecular flexibility index (Phi) is 3.71. The lowest BCUT2D eigenvalue weighted by atomic mass is 10.3. The summed E-state index contributed by atoms with van der Waals surface area (Å²) in [6, 6.07) is 9.24. The Hall–Kier alpha value is -1.31. The van der Waals surface area contributed by atoms with Crippen LogP contribution in [0.2, 0.25) is 0 Å². The predicted octanol–water partition coefficient (Wildman–Crippen LogP) is 2.26. The van der Waals surface area contributed by atoms with Crippen molar-refractivity contribution in [3.8, 4) is 0 Å². The third-order valence-corrected chi connectivity index (χ3v) is 5.32. The van der Waals surface area contributed by atoms with E-state index in [1.165, 1.54) is 12.1 Å². The molecule has 0 saturated carbocycles. The van der Waals surface area contributed by atoms with Gasteiger partial charge in [-0.2, -0.15) is 0 Å². The van der Waals surface area contributed by atoms with Crippen LogP contribution in [0.3, 0.4) is 0 Å². The zero-order valence-electron chi connectivity index (χ0n) is 9.74. The smallest absolute Gasteiger partial charge is 0.210 e. The molecule has 0 spiro atoms. The Balaban J connectivity index is 2.73. The van der Waals surface area contributed by atoms with E-state index in [-0.39, 0.29) is 21.2 Å². The number of hydrogen-bond donors (Lipinski definition) is 4. The molecular weight excluding hydrogens is 300 g/mol. The molecule has 0 atom stereocenters. The highest BCUT2D eigenvalue weighted by Crippen LogP contribution is 2.34. The summed E-state index contributed by atoms with van der Waals surface area (Å²) in [5.74, 6) is 0. The first-order valence-corrected chi connectivity index (χ1v) is 7.63. The average Bonchev–Trinajstić information content (AvgIpc) is 2.35. The molecule has 0 aliphatic rings. The van der Waals surface area contributed by atoms with Crippen LogP contribution >= 0.6 is 25.3 Å². The second kappa shape index (κ2) is 4.99. The van der Waals surface area contributed by atoms with Gasteiger partial charge in [-0.3, -0.25) is 0 Å². The number of para-hydroxylation sites is 2. The molecule has 100 valence electrons. The summed E-state index contributed by atoms with van der Waals surface area (Å²) < 4.78 is 25.1. The molecule has 0 aromatic heterocycles. The third kappa shape index (κ3) is 2.41. The number of thiol groups is 2. The van der Waals surface area contributed by atoms with Gasteiger partial charge in [0.25, 0.3) is 0 Å². The van der Waals surface area contributed by atoms with Crippen LogP contribution in [-0.4, -0.2) is 8.42 Å². The summed E-state index contributed by atoms with van der Waals surface area (Å²) in [6.07, 6.45) is 0. The number of anilines is 2. The third-order valence-electron chi connectivity index (χ3n) is 2.67. The maximum atomic E-state index is 12.6. The molecule has 2 aromatic carbocycles. The first kappa shape index (κ1) is 14.1. The zero-order chi connectivity index (χ0) is 14.2. The van der Waals surface area contributed by atoms with Crippen molar-refractivity contribution in [2.45, 2.75) is 19.6 Å². The molecule has 0 bridgehead atoms. The van der Waals surface area contributed by atoms with Crippen molar-refractivity contribution in [1.29, 1.82) is 0 Å². The number of sulfone groups is 1. The largest absolute Gasteiger partial charge is 0.397 e. The van der Waals surface area contributed by atoms with Crippen molar-refractivity contribution in [3.63, 3.8) is 0 Å². The molecule has 7 heteroatoms. The topological polar surface area (TPSA) is 86.2 Å². The van der Waals surface area contributed by atoms with Gasteiger partial charge >= 0.3 is 0 Å². The van der Waals surface area contributed by atoms with Gasteiger partial charge in [0.05, 0.1) is 21.2 Å². The van der Waals surface area contributed by atoms with Gasteiger partial charge in [-0.05, 0) is 24.3 Å². The van der Waals surface area contributed by atoms with Crippen molar-refractivity contribution >= 4 is 46.5 Å². The molecule has 2 rings (SSSR count). The highest BCUT2D eigenvalue weighted by Gasteiger charge is 2.24. The van der Waals surface area contributed by atoms with E-state index in [0.29, 0.717) is 9.79 Å². The molecule has 0 amide bonds. The van der Waals surface area contributed by atoms with Crippen LogP contribution in [-0.2, 0) is 9.84 Å². The first-order chi connectivity index (χ1) is 8.85. The summed E-state index contributed by atoms with van der Waals surface area (Å²) in [5.41, 5.74) is 11.8. The van der Waals surface area contributed by atoms with E-state index < -0.39 is 9.84 Å². The van der Waals surface area contributed by atoms with E-state index in [4.69, 9.17) is 11.5 Å². The molecule has 0 aliphatic carbocycles. The zero-order valence-corrected chi connectivity index (χ0v) is 12.3. The van der Waals surface area contributed by atoms with Crippen LogP contribution in [0, 0.1) is 0 Å². The van der Waals surface area contributed by atoms with Crippen LogP contribution in [0.5, 0.6) is 0 Å². The summed E-state index contributed by atoms with van der Waals surface area (Å²) in [4.78, 5) is 0.791. The lowest BCUT2D eigenvalue weighted by Gasteiger charge is -2.12. The molecular formula is C12H12N2O2S3. The maximum Gasteiger partial charge on any atom is 0.210 e. The molecule has 19 heavy (non-hydrogen) atoms. The van der Waals surface area contributed by atoms with Crippen LogP contribution in [0.15, 0.2) is 56.0 Å². The van der Waals surface area contributed by atoms with E-state index >= 15 is 0 Å². The first-order valence-electron chi connectivity index (χ1n) is 5.25. The number of benzene rings is 2. The van der Waals surface area contributed by atoms with Gasteiger partial charge in [-0.15, -0.1) is 25.3 Å². The van der Waals surface area contributed by atoms with Crippen molar-refractivity contribution in [2.24, 2.45) is 0 Å². The van der Waals surface area contributed by atoms with E-state index in [1.54, 1.807) is 24.3 Å². The van der Waals surface area contributed by atoms with Crippen LogP contribution < -0.4 is 11.5 Å². The second-order valence-corrected chi connectivity index (χ2v) is 6.73. The Labute approximate surface area is 122 Å². The van der Waals surface area contributed by atoms with Gasteiger partial charge in [0.2, 0.25) is 9.84 Å². The lowest BCUT2D eigenvalue weighted by Crippen LogP contribution is -2.09. The van der Waals surface area contributed by atoms with Gasteiger partial charge in [-0.1, -0.05) is 12.1 Å². The highest BCUT2D eigenvalue weighted by atomic mass is 32.2. The monoisotopic (exact) mass is 312 g/mol. The van der Waals surface area contributed by atoms with Crippen molar-refractivity contribution < 1.29 is 8.42 Å². The van der Waals surface area contributed by atoms with E-state index in [2.05, 4.69) is 25.3 Å². The number of hydrogen-bond acceptors (Lipinski definition) is 6. The fourth-order valence-corrected chi connectivity index (χ4v) is 3.77. The molecule has 0 unspecified atom stereocenters. The van der Waals surface area contributed by atoms with E-state index in [9.17, 15) is 8.42 Å². The van der Waals surface area contributed by atoms with E-state index in [0.717, 1.165) is 0 Å². The van der Waals surface area contributed by atoms with Gasteiger partial charge in [0.1, 0.15) is 0 Å². The van der Waals surface area contributed by atoms with Crippen LogP contribution in [0.25, 0.3) is 0 Å². The normalized spacial score (nSPS) is 11.5. The molecule has 4 nitrogen and oxygen atoms in total. The van der Waals surface area contributed by atoms with Gasteiger partial charge in [0, 0.05) is 9.79 Å². The molecule has 0 aliphatic heterocycles. The van der Waals surface area contributed by atoms with Gasteiger partial charge < -0.3 is 11.5 Å². The quantitative estimate of drug-likeness (QED) is 0.506. The highest BCUT2D eigenvalue weighted by molar-refractivity contribution is 7.92. The molecule has 0 radical (unpaired) electrons. The molecule has 2 aromatic rings. The van der Waals surface area contributed by atoms with Crippen LogP contribution in [0.1, 0.15) is 0 Å². The lowest BCUT2D eigenvalue weighted by molar-refractivity contribution is 0.596. The Morgan fingerprint density at radius 2 is 1.16 bits per heavy atom. The number of rotatable bonds is 2. The number of nitrogen functional groups attached to an aromatic ring is 2. The van der Waals surface area contributed by atoms with Gasteiger partial charge in [0.15, 0.2) is 0 Å². The Bertz CT molecular complexity index is 685. The fraction of sp³-hybridized carbons (Fsp3) is 0. The Morgan fingerprint density at radius 3 is 1.53 bits per heavy atom. The van der Waals surface area contributed by atoms with Crippen LogP contribution in [0.4, 0.5) is 11.4 Å². The van der Waals surface area contributed by atoms with E-state index in [1.807, 2.05) is 0 Å². The molecule has 4 N–H and O–H groups in total. The minimum absolute atomic E-state index is 0.00867. The predicted molar refractivity (Wildman–Crippen MR) is 81.7 cm³/mol. The summed E-state index contributed by atoms with van der Waals surface area (Å²) >= 11 is 8.24. The minimum Gasteiger partial charge on any atom is -0.397 e. The SMILES string of the molecule is Nc1c(S)cccc1S(=O)(=O)c1cccc(S)c1N. The average molecular weight is 312 g/mol. The van der Waals surface area contributed by atoms with Crippen molar-refractivity contribution in [1.82, 2.24) is 0 Å². The number of nitrogens with two attached hydrogens (primary N) is 2. The van der Waals surface area contributed by atoms with Crippen molar-refractivity contribution in [2.75, 3.05) is 11.5 Å². The van der Waals surface area contributed by atoms with Crippen molar-refractivity contribution in [3.05, 3.63) is 36.4 Å². The molecule has 0 saturated heterocycles. The standard InChI is InChI=1S/C12H12N2O2S3/c13-11-7(17)3-1-5-9(11)19(15,16)10-6-2-4-8(18)12(10)14/h1-6,17-18H,13-14H2. The van der Waals surface area contributed by atoms with Gasteiger partial charge in [-0.25, -0.2) is 8.42 Å². The fourth-order valence-electron chi connectivity index (χ4n) is 1.65.